The topological polar surface area (TPSA) is 73.5 Å². The lowest BCUT2D eigenvalue weighted by Gasteiger charge is -2.31. The number of anilines is 1. The number of ether oxygens (including phenoxy) is 1. The van der Waals surface area contributed by atoms with Gasteiger partial charge in [0.1, 0.15) is 24.6 Å². The maximum Gasteiger partial charge on any atom is 0.246 e. The van der Waals surface area contributed by atoms with Crippen LogP contribution in [0.5, 0.6) is 5.75 Å². The van der Waals surface area contributed by atoms with Crippen molar-refractivity contribution >= 4 is 33.8 Å². The Morgan fingerprint density at radius 1 is 1.10 bits per heavy atom. The molecule has 2 fully saturated rings. The van der Waals surface area contributed by atoms with Crippen LogP contribution in [0.2, 0.25) is 0 Å². The lowest BCUT2D eigenvalue weighted by molar-refractivity contribution is -0.121. The van der Waals surface area contributed by atoms with Crippen molar-refractivity contribution in [2.75, 3.05) is 44.7 Å². The van der Waals surface area contributed by atoms with Gasteiger partial charge in [-0.25, -0.2) is 4.39 Å². The molecule has 4 heterocycles. The fraction of sp³-hybridized carbons (Fsp3) is 0.400. The molecule has 6 rings (SSSR count). The highest BCUT2D eigenvalue weighted by atomic mass is 32.1. The Balaban J connectivity index is 1.16. The molecule has 2 aliphatic rings. The molecule has 0 saturated carbocycles. The van der Waals surface area contributed by atoms with E-state index in [1.165, 1.54) is 0 Å². The minimum Gasteiger partial charge on any atom is -0.490 e. The number of carbonyl (C=O) groups excluding carboxylic acids is 1. The first-order valence-corrected chi connectivity index (χ1v) is 14.7. The number of hydrogen-bond donors (Lipinski definition) is 2. The molecule has 1 amide bonds. The van der Waals surface area contributed by atoms with Crippen LogP contribution < -0.4 is 10.1 Å². The number of nitrogens with zero attached hydrogens (tertiary/aromatic N) is 3. The number of fused-ring (bicyclic) bond motifs is 1. The maximum absolute atomic E-state index is 13.5. The fourth-order valence-electron chi connectivity index (χ4n) is 5.73. The van der Waals surface area contributed by atoms with E-state index in [1.807, 2.05) is 53.9 Å². The van der Waals surface area contributed by atoms with Crippen molar-refractivity contribution in [1.82, 2.24) is 20.0 Å². The second kappa shape index (κ2) is 11.9. The van der Waals surface area contributed by atoms with E-state index in [-0.39, 0.29) is 24.7 Å². The number of piperidine rings is 1. The zero-order valence-corrected chi connectivity index (χ0v) is 22.8. The van der Waals surface area contributed by atoms with Crippen LogP contribution in [0.15, 0.2) is 59.3 Å². The number of alkyl halides is 1. The lowest BCUT2D eigenvalue weighted by atomic mass is 10.1. The van der Waals surface area contributed by atoms with E-state index in [4.69, 9.17) is 4.74 Å². The molecular weight excluding hydrogens is 513 g/mol. The lowest BCUT2D eigenvalue weighted by Crippen LogP contribution is -2.39. The highest BCUT2D eigenvalue weighted by molar-refractivity contribution is 7.08. The summed E-state index contributed by atoms with van der Waals surface area (Å²) in [6, 6.07) is 15.7. The summed E-state index contributed by atoms with van der Waals surface area (Å²) in [6.45, 7) is 3.84. The van der Waals surface area contributed by atoms with Gasteiger partial charge in [0, 0.05) is 36.3 Å². The molecule has 2 N–H and O–H groups in total. The van der Waals surface area contributed by atoms with Crippen LogP contribution in [-0.4, -0.2) is 71.4 Å². The van der Waals surface area contributed by atoms with E-state index < -0.39 is 0 Å². The smallest absolute Gasteiger partial charge is 0.246 e. The first-order valence-electron chi connectivity index (χ1n) is 13.8. The van der Waals surface area contributed by atoms with Gasteiger partial charge in [-0.15, -0.1) is 0 Å². The van der Waals surface area contributed by atoms with Crippen molar-refractivity contribution in [3.63, 3.8) is 0 Å². The van der Waals surface area contributed by atoms with Crippen molar-refractivity contribution in [3.05, 3.63) is 64.9 Å². The maximum atomic E-state index is 13.5. The summed E-state index contributed by atoms with van der Waals surface area (Å²) in [5.41, 5.74) is 4.53. The van der Waals surface area contributed by atoms with Gasteiger partial charge in [0.05, 0.1) is 11.2 Å². The van der Waals surface area contributed by atoms with Gasteiger partial charge in [0.2, 0.25) is 5.91 Å². The van der Waals surface area contributed by atoms with Crippen LogP contribution in [0.4, 0.5) is 10.1 Å². The van der Waals surface area contributed by atoms with Crippen LogP contribution in [0, 0.1) is 0 Å². The number of carbonyl (C=O) groups is 1. The molecule has 2 aliphatic heterocycles. The monoisotopic (exact) mass is 547 g/mol. The van der Waals surface area contributed by atoms with Crippen molar-refractivity contribution in [3.8, 4) is 17.0 Å². The Labute approximate surface area is 232 Å². The first kappa shape index (κ1) is 26.0. The molecule has 2 aromatic carbocycles. The van der Waals surface area contributed by atoms with E-state index in [0.717, 1.165) is 91.0 Å². The molecule has 4 aromatic rings. The third-order valence-electron chi connectivity index (χ3n) is 7.81. The summed E-state index contributed by atoms with van der Waals surface area (Å²) < 4.78 is 18.8. The Morgan fingerprint density at radius 2 is 1.90 bits per heavy atom. The Bertz CT molecular complexity index is 1380. The molecule has 2 saturated heterocycles. The normalized spacial score (nSPS) is 18.0. The summed E-state index contributed by atoms with van der Waals surface area (Å²) in [6.07, 6.45) is 4.22. The van der Waals surface area contributed by atoms with E-state index in [1.54, 1.807) is 11.3 Å². The zero-order valence-electron chi connectivity index (χ0n) is 21.9. The van der Waals surface area contributed by atoms with Gasteiger partial charge in [-0.3, -0.25) is 14.8 Å². The van der Waals surface area contributed by atoms with E-state index >= 15 is 0 Å². The summed E-state index contributed by atoms with van der Waals surface area (Å²) in [5.74, 6) is 0.827. The number of rotatable bonds is 9. The summed E-state index contributed by atoms with van der Waals surface area (Å²) in [4.78, 5) is 17.9. The summed E-state index contributed by atoms with van der Waals surface area (Å²) >= 11 is 1.62. The predicted octanol–water partition coefficient (Wildman–Crippen LogP) is 5.88. The Kier molecular flexibility index (Phi) is 7.90. The second-order valence-corrected chi connectivity index (χ2v) is 11.2. The van der Waals surface area contributed by atoms with E-state index in [9.17, 15) is 9.18 Å². The number of nitrogens with one attached hydrogen (secondary N) is 2. The molecule has 0 spiro atoms. The van der Waals surface area contributed by atoms with Crippen molar-refractivity contribution in [1.29, 1.82) is 0 Å². The molecular formula is C30H34FN5O2S. The van der Waals surface area contributed by atoms with Crippen LogP contribution in [0.3, 0.4) is 0 Å². The average molecular weight is 548 g/mol. The van der Waals surface area contributed by atoms with Crippen molar-refractivity contribution in [2.24, 2.45) is 0 Å². The molecule has 1 atom stereocenters. The number of halogens is 1. The van der Waals surface area contributed by atoms with Gasteiger partial charge in [-0.1, -0.05) is 0 Å². The third kappa shape index (κ3) is 5.85. The molecule has 7 nitrogen and oxygen atoms in total. The average Bonchev–Trinajstić information content (AvgIpc) is 3.74. The van der Waals surface area contributed by atoms with E-state index in [0.29, 0.717) is 6.54 Å². The van der Waals surface area contributed by atoms with E-state index in [2.05, 4.69) is 30.7 Å². The number of aromatic amines is 1. The number of H-pyrrole nitrogens is 1. The molecule has 1 unspecified atom stereocenters. The summed E-state index contributed by atoms with van der Waals surface area (Å²) in [5, 5.41) is 15.9. The molecule has 39 heavy (non-hydrogen) atoms. The highest BCUT2D eigenvalue weighted by Crippen LogP contribution is 2.32. The van der Waals surface area contributed by atoms with Crippen LogP contribution in [0.1, 0.15) is 37.3 Å². The third-order valence-corrected chi connectivity index (χ3v) is 8.51. The molecule has 0 radical (unpaired) electrons. The predicted molar refractivity (Wildman–Crippen MR) is 154 cm³/mol. The van der Waals surface area contributed by atoms with Crippen LogP contribution in [-0.2, 0) is 4.79 Å². The number of amides is 1. The molecule has 0 bridgehead atoms. The second-order valence-electron chi connectivity index (χ2n) is 10.4. The molecule has 2 aromatic heterocycles. The fourth-order valence-corrected chi connectivity index (χ4v) is 6.41. The Hall–Kier alpha value is -3.27. The molecule has 204 valence electrons. The number of likely N-dealkylation sites (tertiary alicyclic amines) is 2. The summed E-state index contributed by atoms with van der Waals surface area (Å²) in [7, 11) is 0. The van der Waals surface area contributed by atoms with Gasteiger partial charge in [-0.2, -0.15) is 16.4 Å². The molecule has 9 heteroatoms. The minimum absolute atomic E-state index is 0.00303. The minimum atomic E-state index is -0.295. The number of benzene rings is 2. The van der Waals surface area contributed by atoms with Crippen LogP contribution in [0.25, 0.3) is 22.2 Å². The Morgan fingerprint density at radius 3 is 2.62 bits per heavy atom. The first-order chi connectivity index (χ1) is 19.2. The SMILES string of the molecule is O=C(Nc1ccc2[nH]nc(-c3ccc(OC4CCN(CCF)CC4)cc3)c2c1)C(c1ccsc1)N1CCCC1. The van der Waals surface area contributed by atoms with Gasteiger partial charge >= 0.3 is 0 Å². The van der Waals surface area contributed by atoms with Crippen LogP contribution >= 0.6 is 11.3 Å². The number of hydrogen-bond acceptors (Lipinski definition) is 6. The van der Waals surface area contributed by atoms with Gasteiger partial charge in [0.15, 0.2) is 0 Å². The van der Waals surface area contributed by atoms with Gasteiger partial charge < -0.3 is 15.0 Å². The molecule has 0 aliphatic carbocycles. The number of thiophene rings is 1. The quantitative estimate of drug-likeness (QED) is 0.274. The largest absolute Gasteiger partial charge is 0.490 e. The van der Waals surface area contributed by atoms with Gasteiger partial charge in [-0.05, 0) is 104 Å². The standard InChI is InChI=1S/C30H34FN5O2S/c31-12-17-35-15-9-25(10-16-35)38-24-6-3-21(4-7-24)28-26-19-23(5-8-27(26)33-34-28)32-30(37)29(22-11-18-39-20-22)36-13-1-2-14-36/h3-8,11,18-20,25,29H,1-2,9-10,12-17H2,(H,32,37)(H,33,34). The zero-order chi connectivity index (χ0) is 26.6. The van der Waals surface area contributed by atoms with Crippen molar-refractivity contribution < 1.29 is 13.9 Å². The highest BCUT2D eigenvalue weighted by Gasteiger charge is 2.30. The number of aromatic nitrogens is 2. The van der Waals surface area contributed by atoms with Gasteiger partial charge in [0.25, 0.3) is 0 Å². The van der Waals surface area contributed by atoms with Crippen molar-refractivity contribution in [2.45, 2.75) is 37.8 Å².